The van der Waals surface area contributed by atoms with Crippen LogP contribution in [-0.2, 0) is 9.53 Å². The number of fused-ring (bicyclic) bond motifs is 3. The molecule has 1 unspecified atom stereocenters. The van der Waals surface area contributed by atoms with E-state index in [-0.39, 0.29) is 48.5 Å². The van der Waals surface area contributed by atoms with E-state index in [0.29, 0.717) is 56.1 Å². The van der Waals surface area contributed by atoms with E-state index in [0.717, 1.165) is 0 Å². The number of aromatic nitrogens is 3. The Morgan fingerprint density at radius 1 is 1.23 bits per heavy atom. The molecule has 0 saturated carbocycles. The molecule has 0 fully saturated rings. The summed E-state index contributed by atoms with van der Waals surface area (Å²) >= 11 is 1.19. The number of nitrogens with zero attached hydrogens (tertiary/aromatic N) is 1. The van der Waals surface area contributed by atoms with E-state index >= 15 is 0 Å². The molecule has 0 radical (unpaired) electrons. The molecule has 3 aromatic heterocycles. The Kier molecular flexibility index (Phi) is 6.27. The van der Waals surface area contributed by atoms with Gasteiger partial charge in [0, 0.05) is 41.7 Å². The summed E-state index contributed by atoms with van der Waals surface area (Å²) in [4.78, 5) is 36.0. The first-order chi connectivity index (χ1) is 18.8. The van der Waals surface area contributed by atoms with Gasteiger partial charge in [0.1, 0.15) is 11.5 Å². The van der Waals surface area contributed by atoms with Gasteiger partial charge in [-0.05, 0) is 30.8 Å². The molecule has 3 aliphatic heterocycles. The second-order valence-corrected chi connectivity index (χ2v) is 9.97. The van der Waals surface area contributed by atoms with Crippen LogP contribution >= 0.6 is 24.2 Å². The monoisotopic (exact) mass is 591 g/mol. The Morgan fingerprint density at radius 3 is 2.83 bits per heavy atom. The first kappa shape index (κ1) is 26.2. The highest BCUT2D eigenvalue weighted by Gasteiger charge is 2.44. The van der Waals surface area contributed by atoms with Crippen LogP contribution in [0.3, 0.4) is 0 Å². The molecule has 4 N–H and O–H groups in total. The fraction of sp³-hybridized carbons (Fsp3) is 0.240. The van der Waals surface area contributed by atoms with Crippen molar-refractivity contribution < 1.29 is 37.0 Å². The van der Waals surface area contributed by atoms with Gasteiger partial charge >= 0.3 is 12.3 Å². The van der Waals surface area contributed by atoms with Gasteiger partial charge in [-0.1, -0.05) is 0 Å². The maximum atomic E-state index is 13.4. The predicted octanol–water partition coefficient (Wildman–Crippen LogP) is 4.54. The third kappa shape index (κ3) is 4.28. The van der Waals surface area contributed by atoms with E-state index in [4.69, 9.17) is 9.15 Å². The highest BCUT2D eigenvalue weighted by atomic mass is 35.5. The minimum atomic E-state index is -3.71. The number of anilines is 1. The van der Waals surface area contributed by atoms with Crippen LogP contribution in [0.1, 0.15) is 34.7 Å². The lowest BCUT2D eigenvalue weighted by Gasteiger charge is -2.31. The normalized spacial score (nSPS) is 18.7. The lowest BCUT2D eigenvalue weighted by molar-refractivity contribution is -0.286. The van der Waals surface area contributed by atoms with Crippen molar-refractivity contribution in [3.8, 4) is 11.5 Å². The molecular formula is C25H20ClF2N5O6S. The second-order valence-electron chi connectivity index (χ2n) is 8.98. The lowest BCUT2D eigenvalue weighted by Crippen LogP contribution is -2.39. The number of carbonyl (C=O) groups excluding carboxylic acids is 2. The van der Waals surface area contributed by atoms with Crippen molar-refractivity contribution in [2.45, 2.75) is 29.4 Å². The number of halogens is 3. The maximum absolute atomic E-state index is 13.4. The number of imidazole rings is 1. The quantitative estimate of drug-likeness (QED) is 0.244. The summed E-state index contributed by atoms with van der Waals surface area (Å²) in [7, 11) is 0. The molecule has 4 aromatic rings. The lowest BCUT2D eigenvalue weighted by atomic mass is 9.82. The SMILES string of the molecule is CCOC(=O)c1[nH]cc2c1NC1=C(C(=O)CNC1)C2c1ccc(Sc2nc3cc4c(cc3[nH]2)OC(F)(F)O4)o1.Cl. The van der Waals surface area contributed by atoms with Crippen molar-refractivity contribution in [2.24, 2.45) is 0 Å². The van der Waals surface area contributed by atoms with Gasteiger partial charge in [-0.2, -0.15) is 0 Å². The van der Waals surface area contributed by atoms with Gasteiger partial charge in [-0.3, -0.25) is 4.79 Å². The minimum Gasteiger partial charge on any atom is -0.461 e. The molecule has 0 amide bonds. The summed E-state index contributed by atoms with van der Waals surface area (Å²) in [6, 6.07) is 6.31. The molecule has 3 aliphatic rings. The molecule has 7 rings (SSSR count). The van der Waals surface area contributed by atoms with Crippen LogP contribution in [-0.4, -0.2) is 52.7 Å². The molecule has 1 aromatic carbocycles. The molecule has 40 heavy (non-hydrogen) atoms. The average Bonchev–Trinajstić information content (AvgIpc) is 3.65. The van der Waals surface area contributed by atoms with Gasteiger partial charge in [0.15, 0.2) is 27.5 Å². The number of esters is 1. The van der Waals surface area contributed by atoms with Crippen LogP contribution in [0.15, 0.2) is 56.4 Å². The first-order valence-electron chi connectivity index (χ1n) is 12.0. The van der Waals surface area contributed by atoms with E-state index in [9.17, 15) is 18.4 Å². The van der Waals surface area contributed by atoms with Gasteiger partial charge in [0.2, 0.25) is 0 Å². The summed E-state index contributed by atoms with van der Waals surface area (Å²) in [5.74, 6) is -0.800. The highest BCUT2D eigenvalue weighted by Crippen LogP contribution is 2.46. The number of Topliss-reactive ketones (excluding diaryl/α,β-unsaturated/α-hetero) is 1. The fourth-order valence-corrected chi connectivity index (χ4v) is 5.76. The largest absolute Gasteiger partial charge is 0.586 e. The van der Waals surface area contributed by atoms with Crippen LogP contribution in [0.2, 0.25) is 0 Å². The molecule has 0 spiro atoms. The van der Waals surface area contributed by atoms with Crippen LogP contribution in [0.25, 0.3) is 11.0 Å². The van der Waals surface area contributed by atoms with Gasteiger partial charge in [-0.15, -0.1) is 21.2 Å². The third-order valence-electron chi connectivity index (χ3n) is 6.55. The van der Waals surface area contributed by atoms with E-state index in [1.807, 2.05) is 0 Å². The Bertz CT molecular complexity index is 1670. The summed E-state index contributed by atoms with van der Waals surface area (Å²) in [5, 5.41) is 7.25. The summed E-state index contributed by atoms with van der Waals surface area (Å²) in [5.41, 5.74) is 3.63. The number of aromatic amines is 2. The number of ether oxygens (including phenoxy) is 3. The summed E-state index contributed by atoms with van der Waals surface area (Å²) < 4.78 is 47.1. The Hall–Kier alpha value is -4.01. The molecule has 15 heteroatoms. The van der Waals surface area contributed by atoms with Crippen LogP contribution in [0.4, 0.5) is 14.5 Å². The third-order valence-corrected chi connectivity index (χ3v) is 7.35. The number of alkyl halides is 2. The smallest absolute Gasteiger partial charge is 0.461 e. The number of benzene rings is 1. The maximum Gasteiger partial charge on any atom is 0.586 e. The van der Waals surface area contributed by atoms with Crippen molar-refractivity contribution in [1.82, 2.24) is 20.3 Å². The number of ketones is 1. The minimum absolute atomic E-state index is 0. The number of furan rings is 1. The number of nitrogens with one attached hydrogen (secondary N) is 4. The van der Waals surface area contributed by atoms with Crippen LogP contribution in [0, 0.1) is 0 Å². The van der Waals surface area contributed by atoms with E-state index in [2.05, 4.69) is 35.1 Å². The number of rotatable bonds is 5. The number of hydrogen-bond acceptors (Lipinski definition) is 10. The Morgan fingerprint density at radius 2 is 2.02 bits per heavy atom. The predicted molar refractivity (Wildman–Crippen MR) is 139 cm³/mol. The number of carbonyl (C=O) groups is 2. The van der Waals surface area contributed by atoms with Crippen molar-refractivity contribution in [1.29, 1.82) is 0 Å². The molecular weight excluding hydrogens is 572 g/mol. The van der Waals surface area contributed by atoms with Crippen molar-refractivity contribution in [3.63, 3.8) is 0 Å². The Labute approximate surface area is 234 Å². The van der Waals surface area contributed by atoms with Crippen LogP contribution in [0.5, 0.6) is 11.5 Å². The van der Waals surface area contributed by atoms with Crippen molar-refractivity contribution in [3.05, 3.63) is 58.8 Å². The van der Waals surface area contributed by atoms with Gasteiger partial charge in [-0.25, -0.2) is 9.78 Å². The molecule has 0 bridgehead atoms. The van der Waals surface area contributed by atoms with Gasteiger partial charge in [0.05, 0.1) is 35.8 Å². The number of hydrogen-bond donors (Lipinski definition) is 4. The van der Waals surface area contributed by atoms with E-state index in [1.54, 1.807) is 25.3 Å². The molecule has 6 heterocycles. The second kappa shape index (κ2) is 9.57. The van der Waals surface area contributed by atoms with Crippen molar-refractivity contribution >= 4 is 52.6 Å². The molecule has 11 nitrogen and oxygen atoms in total. The molecule has 0 aliphatic carbocycles. The van der Waals surface area contributed by atoms with Gasteiger partial charge < -0.3 is 39.2 Å². The van der Waals surface area contributed by atoms with E-state index < -0.39 is 18.2 Å². The summed E-state index contributed by atoms with van der Waals surface area (Å²) in [6.45, 7) is 2.56. The summed E-state index contributed by atoms with van der Waals surface area (Å²) in [6.07, 6.45) is -2.03. The zero-order valence-corrected chi connectivity index (χ0v) is 22.2. The topological polar surface area (TPSA) is 144 Å². The Balaban J connectivity index is 0.00000289. The highest BCUT2D eigenvalue weighted by molar-refractivity contribution is 7.99. The van der Waals surface area contributed by atoms with Crippen LogP contribution < -0.4 is 20.1 Å². The zero-order valence-electron chi connectivity index (χ0n) is 20.6. The van der Waals surface area contributed by atoms with E-state index in [1.165, 1.54) is 23.9 Å². The number of H-pyrrole nitrogens is 2. The van der Waals surface area contributed by atoms with Crippen molar-refractivity contribution in [2.75, 3.05) is 25.0 Å². The molecule has 0 saturated heterocycles. The van der Waals surface area contributed by atoms with Gasteiger partial charge in [0.25, 0.3) is 0 Å². The molecule has 1 atom stereocenters. The average molecular weight is 592 g/mol. The standard InChI is InChI=1S/C25H19F2N5O6S.ClH/c1-2-35-23(34)22-21-10(7-29-22)19(20-13(30-21)8-28-9-14(20)33)15-3-4-18(36-15)39-24-31-11-5-16-17(6-12(11)32-24)38-25(26,27)37-16;/h3-7,19,28-30H,2,8-9H2,1H3,(H,31,32);1H. The fourth-order valence-electron chi connectivity index (χ4n) is 4.99. The first-order valence-corrected chi connectivity index (χ1v) is 12.8. The zero-order chi connectivity index (χ0) is 26.9. The molecule has 208 valence electrons.